The molecule has 0 aromatic heterocycles. The average molecular weight is 277 g/mol. The van der Waals surface area contributed by atoms with E-state index in [1.807, 2.05) is 11.8 Å². The van der Waals surface area contributed by atoms with Gasteiger partial charge in [-0.15, -0.1) is 0 Å². The zero-order valence-electron chi connectivity index (χ0n) is 13.3. The van der Waals surface area contributed by atoms with Crippen LogP contribution in [-0.4, -0.2) is 24.5 Å². The Morgan fingerprint density at radius 1 is 1.35 bits per heavy atom. The molecule has 4 nitrogen and oxygen atoms in total. The Morgan fingerprint density at radius 2 is 2.00 bits per heavy atom. The van der Waals surface area contributed by atoms with Crippen LogP contribution in [0.25, 0.3) is 0 Å². The van der Waals surface area contributed by atoms with E-state index in [0.29, 0.717) is 0 Å². The molecule has 1 amide bonds. The Balaban J connectivity index is 2.83. The molecule has 1 aromatic carbocycles. The average Bonchev–Trinajstić information content (AvgIpc) is 2.33. The minimum Gasteiger partial charge on any atom is -0.368 e. The number of carbonyl (C=O) groups is 1. The zero-order chi connectivity index (χ0) is 15.3. The number of primary amides is 1. The lowest BCUT2D eigenvalue weighted by Crippen LogP contribution is -2.35. The summed E-state index contributed by atoms with van der Waals surface area (Å²) < 4.78 is 0. The number of nitrogens with zero attached hydrogens (tertiary/aromatic N) is 1. The molecular formula is C16H27N3O. The number of hydrogen-bond acceptors (Lipinski definition) is 3. The van der Waals surface area contributed by atoms with E-state index < -0.39 is 0 Å². The molecule has 0 saturated carbocycles. The highest BCUT2D eigenvalue weighted by Crippen LogP contribution is 2.19. The first kappa shape index (κ1) is 16.5. The van der Waals surface area contributed by atoms with E-state index in [9.17, 15) is 4.79 Å². The van der Waals surface area contributed by atoms with Crippen LogP contribution in [0.3, 0.4) is 0 Å². The van der Waals surface area contributed by atoms with Crippen molar-refractivity contribution in [2.24, 2.45) is 5.73 Å². The van der Waals surface area contributed by atoms with E-state index >= 15 is 0 Å². The van der Waals surface area contributed by atoms with E-state index in [1.165, 1.54) is 11.1 Å². The SMILES string of the molecule is CCN(CC(N)=O)c1ccc(CNC(C)(C)C)c(C)c1. The standard InChI is InChI=1S/C16H27N3O/c1-6-19(11-15(17)20)14-8-7-13(12(2)9-14)10-18-16(3,4)5/h7-9,18H,6,10-11H2,1-5H3,(H2,17,20). The lowest BCUT2D eigenvalue weighted by molar-refractivity contribution is -0.116. The summed E-state index contributed by atoms with van der Waals surface area (Å²) in [4.78, 5) is 13.1. The lowest BCUT2D eigenvalue weighted by Gasteiger charge is -2.24. The number of rotatable bonds is 6. The highest BCUT2D eigenvalue weighted by molar-refractivity contribution is 5.79. The van der Waals surface area contributed by atoms with Gasteiger partial charge in [0.25, 0.3) is 0 Å². The van der Waals surface area contributed by atoms with Gasteiger partial charge in [-0.3, -0.25) is 4.79 Å². The maximum Gasteiger partial charge on any atom is 0.236 e. The third-order valence-electron chi connectivity index (χ3n) is 3.23. The number of aryl methyl sites for hydroxylation is 1. The molecule has 0 aliphatic carbocycles. The number of benzene rings is 1. The van der Waals surface area contributed by atoms with Gasteiger partial charge in [0.15, 0.2) is 0 Å². The number of carbonyl (C=O) groups excluding carboxylic acids is 1. The number of nitrogens with one attached hydrogen (secondary N) is 1. The number of anilines is 1. The highest BCUT2D eigenvalue weighted by Gasteiger charge is 2.11. The molecule has 0 spiro atoms. The Bertz CT molecular complexity index is 463. The van der Waals surface area contributed by atoms with Gasteiger partial charge in [-0.25, -0.2) is 0 Å². The molecule has 1 rings (SSSR count). The van der Waals surface area contributed by atoms with Crippen molar-refractivity contribution < 1.29 is 4.79 Å². The third kappa shape index (κ3) is 5.21. The van der Waals surface area contributed by atoms with Crippen molar-refractivity contribution in [2.45, 2.75) is 46.7 Å². The third-order valence-corrected chi connectivity index (χ3v) is 3.23. The lowest BCUT2D eigenvalue weighted by atomic mass is 10.0. The van der Waals surface area contributed by atoms with Gasteiger partial charge in [0.05, 0.1) is 6.54 Å². The summed E-state index contributed by atoms with van der Waals surface area (Å²) in [5.41, 5.74) is 8.93. The molecule has 0 atom stereocenters. The molecule has 0 aliphatic heterocycles. The van der Waals surface area contributed by atoms with Crippen LogP contribution in [0.1, 0.15) is 38.8 Å². The first-order valence-electron chi connectivity index (χ1n) is 7.10. The van der Waals surface area contributed by atoms with Crippen LogP contribution in [0.15, 0.2) is 18.2 Å². The van der Waals surface area contributed by atoms with Crippen LogP contribution < -0.4 is 16.0 Å². The van der Waals surface area contributed by atoms with E-state index in [2.05, 4.69) is 51.2 Å². The van der Waals surface area contributed by atoms with Crippen molar-refractivity contribution >= 4 is 11.6 Å². The highest BCUT2D eigenvalue weighted by atomic mass is 16.1. The van der Waals surface area contributed by atoms with Gasteiger partial charge in [0.1, 0.15) is 0 Å². The monoisotopic (exact) mass is 277 g/mol. The summed E-state index contributed by atoms with van der Waals surface area (Å²) in [7, 11) is 0. The van der Waals surface area contributed by atoms with Crippen molar-refractivity contribution in [3.63, 3.8) is 0 Å². The molecule has 0 saturated heterocycles. The molecule has 20 heavy (non-hydrogen) atoms. The van der Waals surface area contributed by atoms with E-state index in [1.54, 1.807) is 0 Å². The fourth-order valence-corrected chi connectivity index (χ4v) is 2.01. The minimum atomic E-state index is -0.303. The fraction of sp³-hybridized carbons (Fsp3) is 0.562. The predicted octanol–water partition coefficient (Wildman–Crippen LogP) is 2.19. The quantitative estimate of drug-likeness (QED) is 0.838. The molecule has 0 fully saturated rings. The van der Waals surface area contributed by atoms with Crippen LogP contribution in [0, 0.1) is 6.92 Å². The van der Waals surface area contributed by atoms with Gasteiger partial charge >= 0.3 is 0 Å². The molecule has 0 radical (unpaired) electrons. The maximum absolute atomic E-state index is 11.1. The topological polar surface area (TPSA) is 58.4 Å². The molecule has 112 valence electrons. The summed E-state index contributed by atoms with van der Waals surface area (Å²) >= 11 is 0. The number of nitrogens with two attached hydrogens (primary N) is 1. The number of hydrogen-bond donors (Lipinski definition) is 2. The Hall–Kier alpha value is -1.55. The summed E-state index contributed by atoms with van der Waals surface area (Å²) in [6.07, 6.45) is 0. The molecule has 1 aromatic rings. The number of likely N-dealkylation sites (N-methyl/N-ethyl adjacent to an activating group) is 1. The van der Waals surface area contributed by atoms with Crippen molar-refractivity contribution in [3.05, 3.63) is 29.3 Å². The largest absolute Gasteiger partial charge is 0.368 e. The Morgan fingerprint density at radius 3 is 2.45 bits per heavy atom. The Labute approximate surface area is 122 Å². The van der Waals surface area contributed by atoms with E-state index in [4.69, 9.17) is 5.73 Å². The van der Waals surface area contributed by atoms with Gasteiger partial charge in [-0.2, -0.15) is 0 Å². The summed E-state index contributed by atoms with van der Waals surface area (Å²) in [6, 6.07) is 6.29. The maximum atomic E-state index is 11.1. The van der Waals surface area contributed by atoms with Crippen LogP contribution in [0.4, 0.5) is 5.69 Å². The van der Waals surface area contributed by atoms with Crippen LogP contribution in [-0.2, 0) is 11.3 Å². The normalized spacial score (nSPS) is 11.4. The van der Waals surface area contributed by atoms with Crippen molar-refractivity contribution in [3.8, 4) is 0 Å². The number of amides is 1. The van der Waals surface area contributed by atoms with Crippen molar-refractivity contribution in [1.29, 1.82) is 0 Å². The van der Waals surface area contributed by atoms with E-state index in [0.717, 1.165) is 18.8 Å². The predicted molar refractivity (Wildman–Crippen MR) is 84.9 cm³/mol. The van der Waals surface area contributed by atoms with E-state index in [-0.39, 0.29) is 18.0 Å². The second-order valence-electron chi connectivity index (χ2n) is 6.19. The molecule has 0 aliphatic rings. The second-order valence-corrected chi connectivity index (χ2v) is 6.19. The van der Waals surface area contributed by atoms with Gasteiger partial charge < -0.3 is 16.0 Å². The minimum absolute atomic E-state index is 0.104. The first-order valence-corrected chi connectivity index (χ1v) is 7.10. The molecular weight excluding hydrogens is 250 g/mol. The molecule has 0 bridgehead atoms. The van der Waals surface area contributed by atoms with Crippen LogP contribution >= 0.6 is 0 Å². The van der Waals surface area contributed by atoms with Crippen LogP contribution in [0.2, 0.25) is 0 Å². The summed E-state index contributed by atoms with van der Waals surface area (Å²) in [6.45, 7) is 12.5. The summed E-state index contributed by atoms with van der Waals surface area (Å²) in [5, 5.41) is 3.49. The molecule has 0 heterocycles. The molecule has 4 heteroatoms. The first-order chi connectivity index (χ1) is 9.23. The van der Waals surface area contributed by atoms with Crippen molar-refractivity contribution in [1.82, 2.24) is 5.32 Å². The van der Waals surface area contributed by atoms with Crippen LogP contribution in [0.5, 0.6) is 0 Å². The van der Waals surface area contributed by atoms with Gasteiger partial charge in [0, 0.05) is 24.3 Å². The summed E-state index contributed by atoms with van der Waals surface area (Å²) in [5.74, 6) is -0.303. The van der Waals surface area contributed by atoms with Gasteiger partial charge in [0.2, 0.25) is 5.91 Å². The van der Waals surface area contributed by atoms with Gasteiger partial charge in [-0.1, -0.05) is 6.07 Å². The van der Waals surface area contributed by atoms with Crippen molar-refractivity contribution in [2.75, 3.05) is 18.0 Å². The molecule has 0 unspecified atom stereocenters. The Kier molecular flexibility index (Phi) is 5.57. The smallest absolute Gasteiger partial charge is 0.236 e. The fourth-order valence-electron chi connectivity index (χ4n) is 2.01. The second kappa shape index (κ2) is 6.75. The van der Waals surface area contributed by atoms with Gasteiger partial charge in [-0.05, 0) is 57.9 Å². The zero-order valence-corrected chi connectivity index (χ0v) is 13.3. The molecule has 3 N–H and O–H groups in total.